The molecule has 0 atom stereocenters. The lowest BCUT2D eigenvalue weighted by atomic mass is 9.84. The van der Waals surface area contributed by atoms with E-state index in [1.165, 1.54) is 12.1 Å². The van der Waals surface area contributed by atoms with Crippen LogP contribution in [0.1, 0.15) is 25.0 Å². The Kier molecular flexibility index (Phi) is 6.21. The van der Waals surface area contributed by atoms with E-state index in [1.54, 1.807) is 31.0 Å². The van der Waals surface area contributed by atoms with Crippen LogP contribution in [-0.4, -0.2) is 30.7 Å². The number of hydrogen-bond donors (Lipinski definition) is 1. The van der Waals surface area contributed by atoms with Gasteiger partial charge in [-0.15, -0.1) is 11.8 Å². The molecule has 2 nitrogen and oxygen atoms in total. The van der Waals surface area contributed by atoms with Crippen LogP contribution in [0.5, 0.6) is 0 Å². The smallest absolute Gasteiger partial charge is 0.123 e. The second-order valence-corrected chi connectivity index (χ2v) is 6.84. The first-order valence-corrected chi connectivity index (χ1v) is 8.95. The Morgan fingerprint density at radius 1 is 1.12 bits per heavy atom. The summed E-state index contributed by atoms with van der Waals surface area (Å²) >= 11 is 1.67. The van der Waals surface area contributed by atoms with Crippen molar-refractivity contribution >= 4 is 22.9 Å². The maximum atomic E-state index is 13.7. The van der Waals surface area contributed by atoms with Gasteiger partial charge in [-0.25, -0.2) is 4.39 Å². The second-order valence-electron chi connectivity index (χ2n) is 5.96. The van der Waals surface area contributed by atoms with E-state index < -0.39 is 5.60 Å². The average Bonchev–Trinajstić information content (AvgIpc) is 2.59. The zero-order chi connectivity index (χ0) is 17.7. The van der Waals surface area contributed by atoms with E-state index in [-0.39, 0.29) is 12.4 Å². The van der Waals surface area contributed by atoms with Gasteiger partial charge >= 0.3 is 0 Å². The van der Waals surface area contributed by atoms with Crippen molar-refractivity contribution in [1.29, 1.82) is 0 Å². The number of halogens is 1. The maximum Gasteiger partial charge on any atom is 0.123 e. The standard InChI is InChI=1S/C20H23FO2S/c1-20(2,23-3)19(14-8-10-17(24-4)11-9-14)18(13-22)15-6-5-7-16(21)12-15/h5-12,22H,13H2,1-4H3/b19-18+. The number of aliphatic hydroxyl groups is 1. The molecule has 0 unspecified atom stereocenters. The summed E-state index contributed by atoms with van der Waals surface area (Å²) in [4.78, 5) is 1.16. The van der Waals surface area contributed by atoms with Crippen LogP contribution in [-0.2, 0) is 4.74 Å². The highest BCUT2D eigenvalue weighted by Crippen LogP contribution is 2.37. The average molecular weight is 346 g/mol. The summed E-state index contributed by atoms with van der Waals surface area (Å²) in [7, 11) is 1.64. The molecule has 0 fully saturated rings. The van der Waals surface area contributed by atoms with Gasteiger partial charge in [-0.05, 0) is 66.6 Å². The van der Waals surface area contributed by atoms with Gasteiger partial charge in [-0.1, -0.05) is 24.3 Å². The number of ether oxygens (including phenoxy) is 1. The molecule has 0 aliphatic rings. The lowest BCUT2D eigenvalue weighted by Crippen LogP contribution is -2.26. The summed E-state index contributed by atoms with van der Waals surface area (Å²) in [6, 6.07) is 14.4. The van der Waals surface area contributed by atoms with Crippen molar-refractivity contribution in [1.82, 2.24) is 0 Å². The quantitative estimate of drug-likeness (QED) is 0.597. The molecule has 128 valence electrons. The number of rotatable bonds is 6. The predicted molar refractivity (Wildman–Crippen MR) is 99.6 cm³/mol. The van der Waals surface area contributed by atoms with E-state index in [2.05, 4.69) is 0 Å². The Labute approximate surface area is 147 Å². The fraction of sp³-hybridized carbons (Fsp3) is 0.300. The van der Waals surface area contributed by atoms with E-state index in [1.807, 2.05) is 44.4 Å². The highest BCUT2D eigenvalue weighted by atomic mass is 32.2. The molecule has 0 radical (unpaired) electrons. The first kappa shape index (κ1) is 18.7. The summed E-state index contributed by atoms with van der Waals surface area (Å²) in [5.74, 6) is -0.328. The van der Waals surface area contributed by atoms with E-state index >= 15 is 0 Å². The van der Waals surface area contributed by atoms with Gasteiger partial charge in [0.25, 0.3) is 0 Å². The minimum atomic E-state index is -0.634. The van der Waals surface area contributed by atoms with Crippen LogP contribution in [0.3, 0.4) is 0 Å². The molecule has 24 heavy (non-hydrogen) atoms. The summed E-state index contributed by atoms with van der Waals surface area (Å²) < 4.78 is 19.3. The monoisotopic (exact) mass is 346 g/mol. The lowest BCUT2D eigenvalue weighted by Gasteiger charge is -2.30. The molecule has 0 saturated carbocycles. The molecule has 0 aliphatic heterocycles. The number of benzene rings is 2. The lowest BCUT2D eigenvalue weighted by molar-refractivity contribution is 0.0745. The molecular weight excluding hydrogens is 323 g/mol. The molecule has 0 spiro atoms. The highest BCUT2D eigenvalue weighted by molar-refractivity contribution is 7.98. The molecule has 0 aliphatic carbocycles. The van der Waals surface area contributed by atoms with Crippen molar-refractivity contribution in [2.24, 2.45) is 0 Å². The highest BCUT2D eigenvalue weighted by Gasteiger charge is 2.28. The molecule has 2 rings (SSSR count). The molecule has 0 heterocycles. The Bertz CT molecular complexity index is 721. The molecule has 0 aromatic heterocycles. The zero-order valence-corrected chi connectivity index (χ0v) is 15.3. The van der Waals surface area contributed by atoms with Gasteiger partial charge in [0.1, 0.15) is 5.82 Å². The van der Waals surface area contributed by atoms with E-state index in [4.69, 9.17) is 4.74 Å². The topological polar surface area (TPSA) is 29.5 Å². The first-order chi connectivity index (χ1) is 11.4. The minimum Gasteiger partial charge on any atom is -0.392 e. The summed E-state index contributed by atoms with van der Waals surface area (Å²) in [6.07, 6.45) is 2.02. The molecular formula is C20H23FO2S. The van der Waals surface area contributed by atoms with Gasteiger partial charge in [0, 0.05) is 12.0 Å². The molecule has 1 N–H and O–H groups in total. The van der Waals surface area contributed by atoms with Crippen LogP contribution in [0.25, 0.3) is 11.1 Å². The van der Waals surface area contributed by atoms with Crippen LogP contribution in [0.4, 0.5) is 4.39 Å². The number of aliphatic hydroxyl groups excluding tert-OH is 1. The number of thioether (sulfide) groups is 1. The van der Waals surface area contributed by atoms with Crippen molar-refractivity contribution in [3.63, 3.8) is 0 Å². The van der Waals surface area contributed by atoms with E-state index in [9.17, 15) is 9.50 Å². The summed E-state index contributed by atoms with van der Waals surface area (Å²) in [6.45, 7) is 3.69. The SMILES string of the molecule is COC(C)(C)/C(=C(\CO)c1cccc(F)c1)c1ccc(SC)cc1. The second kappa shape index (κ2) is 7.97. The third-order valence-corrected chi connectivity index (χ3v) is 4.87. The molecule has 0 bridgehead atoms. The summed E-state index contributed by atoms with van der Waals surface area (Å²) in [5.41, 5.74) is 2.49. The van der Waals surface area contributed by atoms with Gasteiger partial charge in [0.2, 0.25) is 0 Å². The molecule has 2 aromatic carbocycles. The van der Waals surface area contributed by atoms with E-state index in [0.29, 0.717) is 11.1 Å². The van der Waals surface area contributed by atoms with Gasteiger partial charge in [0.15, 0.2) is 0 Å². The van der Waals surface area contributed by atoms with Crippen molar-refractivity contribution in [3.05, 3.63) is 65.5 Å². The van der Waals surface area contributed by atoms with Crippen LogP contribution in [0.15, 0.2) is 53.4 Å². The Hall–Kier alpha value is -1.62. The van der Waals surface area contributed by atoms with E-state index in [0.717, 1.165) is 16.0 Å². The van der Waals surface area contributed by atoms with Crippen LogP contribution < -0.4 is 0 Å². The fourth-order valence-electron chi connectivity index (χ4n) is 2.74. The Morgan fingerprint density at radius 2 is 1.79 bits per heavy atom. The number of methoxy groups -OCH3 is 1. The third-order valence-electron chi connectivity index (χ3n) is 4.12. The largest absolute Gasteiger partial charge is 0.392 e. The third kappa shape index (κ3) is 4.07. The van der Waals surface area contributed by atoms with Gasteiger partial charge in [-0.3, -0.25) is 0 Å². The minimum absolute atomic E-state index is 0.199. The molecule has 2 aromatic rings. The first-order valence-electron chi connectivity index (χ1n) is 7.73. The zero-order valence-electron chi connectivity index (χ0n) is 14.5. The van der Waals surface area contributed by atoms with Crippen LogP contribution in [0.2, 0.25) is 0 Å². The molecule has 4 heteroatoms. The van der Waals surface area contributed by atoms with Crippen molar-refractivity contribution < 1.29 is 14.2 Å². The summed E-state index contributed by atoms with van der Waals surface area (Å²) in [5, 5.41) is 10.0. The normalized spacial score (nSPS) is 12.9. The van der Waals surface area contributed by atoms with Gasteiger partial charge < -0.3 is 9.84 Å². The molecule has 0 saturated heterocycles. The van der Waals surface area contributed by atoms with Gasteiger partial charge in [-0.2, -0.15) is 0 Å². The maximum absolute atomic E-state index is 13.7. The number of hydrogen-bond acceptors (Lipinski definition) is 3. The van der Waals surface area contributed by atoms with Crippen LogP contribution in [0, 0.1) is 5.82 Å². The predicted octanol–water partition coefficient (Wildman–Crippen LogP) is 4.88. The van der Waals surface area contributed by atoms with Crippen molar-refractivity contribution in [3.8, 4) is 0 Å². The van der Waals surface area contributed by atoms with Crippen molar-refractivity contribution in [2.45, 2.75) is 24.3 Å². The van der Waals surface area contributed by atoms with Crippen LogP contribution >= 0.6 is 11.8 Å². The fourth-order valence-corrected chi connectivity index (χ4v) is 3.14. The Balaban J connectivity index is 2.71. The van der Waals surface area contributed by atoms with Gasteiger partial charge in [0.05, 0.1) is 12.2 Å². The van der Waals surface area contributed by atoms with Crippen molar-refractivity contribution in [2.75, 3.05) is 20.0 Å². The molecule has 0 amide bonds. The Morgan fingerprint density at radius 3 is 2.29 bits per heavy atom.